The van der Waals surface area contributed by atoms with Crippen molar-refractivity contribution < 1.29 is 43.4 Å². The number of carbonyl (C=O) groups excluding carboxylic acids is 1. The zero-order valence-electron chi connectivity index (χ0n) is 21.1. The van der Waals surface area contributed by atoms with Crippen molar-refractivity contribution in [3.63, 3.8) is 0 Å². The molecule has 4 aliphatic heterocycles. The highest BCUT2D eigenvalue weighted by Crippen LogP contribution is 2.75. The van der Waals surface area contributed by atoms with Gasteiger partial charge in [-0.3, -0.25) is 0 Å². The van der Waals surface area contributed by atoms with Crippen molar-refractivity contribution in [1.82, 2.24) is 0 Å². The SMILES string of the molecule is C=C(C)[C@]12C[C@@H](C)[C@@]34OC(c5ccccc5)(O[C@@H]1C3[C@@H]1O[C@]1(CO)[C@@H](O)[C@]13OC(=O)O[C@H]1[C@@H](C)CC43)O2. The summed E-state index contributed by atoms with van der Waals surface area (Å²) in [6, 6.07) is 9.58. The first-order valence-corrected chi connectivity index (χ1v) is 13.3. The molecule has 3 unspecified atom stereocenters. The maximum absolute atomic E-state index is 12.7. The fourth-order valence-corrected chi connectivity index (χ4v) is 9.37. The number of carbonyl (C=O) groups is 1. The van der Waals surface area contributed by atoms with Crippen LogP contribution in [0, 0.1) is 23.7 Å². The molecule has 198 valence electrons. The second-order valence-electron chi connectivity index (χ2n) is 12.4. The molecule has 3 saturated carbocycles. The van der Waals surface area contributed by atoms with Gasteiger partial charge in [0.15, 0.2) is 11.7 Å². The standard InChI is InChI=1S/C28H32O9/c1-13(2)24-11-15(4)26-17-10-14(3)19-27(17,35-23(31)32-19)22(30)25(12-29)21(33-25)18(26)20(24)34-28(36-24,37-26)16-8-6-5-7-9-16/h5-9,14-15,17-22,29-30H,1,10-12H2,2-4H3/t14-,15+,17?,18?,19-,20+,21-,22+,24+,25-,26-,27+,28?/m0/s1. The van der Waals surface area contributed by atoms with E-state index in [4.69, 9.17) is 28.4 Å². The van der Waals surface area contributed by atoms with Gasteiger partial charge in [0.1, 0.15) is 29.5 Å². The highest BCUT2D eigenvalue weighted by molar-refractivity contribution is 5.65. The van der Waals surface area contributed by atoms with E-state index in [-0.39, 0.29) is 11.8 Å². The fraction of sp³-hybridized carbons (Fsp3) is 0.679. The quantitative estimate of drug-likeness (QED) is 0.358. The van der Waals surface area contributed by atoms with E-state index in [1.165, 1.54) is 0 Å². The lowest BCUT2D eigenvalue weighted by atomic mass is 9.54. The predicted molar refractivity (Wildman–Crippen MR) is 125 cm³/mol. The van der Waals surface area contributed by atoms with Gasteiger partial charge in [0.05, 0.1) is 12.2 Å². The molecule has 0 amide bonds. The Morgan fingerprint density at radius 2 is 1.84 bits per heavy atom. The highest BCUT2D eigenvalue weighted by atomic mass is 16.9. The normalized spacial score (nSPS) is 57.9. The van der Waals surface area contributed by atoms with E-state index in [1.807, 2.05) is 44.2 Å². The Bertz CT molecular complexity index is 1220. The molecule has 4 heterocycles. The Morgan fingerprint density at radius 1 is 1.08 bits per heavy atom. The molecule has 0 radical (unpaired) electrons. The summed E-state index contributed by atoms with van der Waals surface area (Å²) >= 11 is 0. The first kappa shape index (κ1) is 22.9. The van der Waals surface area contributed by atoms with Gasteiger partial charge in [-0.05, 0) is 37.2 Å². The minimum Gasteiger partial charge on any atom is -0.426 e. The summed E-state index contributed by atoms with van der Waals surface area (Å²) < 4.78 is 38.9. The van der Waals surface area contributed by atoms with Crippen LogP contribution >= 0.6 is 0 Å². The molecule has 2 N–H and O–H groups in total. The summed E-state index contributed by atoms with van der Waals surface area (Å²) in [5.74, 6) is -2.59. The largest absolute Gasteiger partial charge is 0.509 e. The molecule has 37 heavy (non-hydrogen) atoms. The van der Waals surface area contributed by atoms with E-state index < -0.39 is 77.4 Å². The highest BCUT2D eigenvalue weighted by Gasteiger charge is 2.91. The van der Waals surface area contributed by atoms with Gasteiger partial charge in [0.25, 0.3) is 0 Å². The molecule has 3 aliphatic carbocycles. The third kappa shape index (κ3) is 2.23. The minimum atomic E-state index is -1.51. The average molecular weight is 513 g/mol. The summed E-state index contributed by atoms with van der Waals surface area (Å²) in [5, 5.41) is 22.7. The maximum atomic E-state index is 12.7. The first-order valence-electron chi connectivity index (χ1n) is 13.3. The number of fused-ring (bicyclic) bond motifs is 2. The molecular formula is C28H32O9. The molecule has 13 atom stereocenters. The zero-order chi connectivity index (χ0) is 25.8. The number of aliphatic hydroxyl groups is 2. The Kier molecular flexibility index (Phi) is 4.08. The van der Waals surface area contributed by atoms with Crippen LogP contribution in [0.25, 0.3) is 0 Å². The summed E-state index contributed by atoms with van der Waals surface area (Å²) in [5.41, 5.74) is -3.05. The topological polar surface area (TPSA) is 116 Å². The molecule has 3 bridgehead atoms. The number of hydrogen-bond acceptors (Lipinski definition) is 9. The second-order valence-corrected chi connectivity index (χ2v) is 12.4. The van der Waals surface area contributed by atoms with Crippen molar-refractivity contribution in [2.45, 2.75) is 86.4 Å². The van der Waals surface area contributed by atoms with Gasteiger partial charge in [-0.25, -0.2) is 4.79 Å². The Morgan fingerprint density at radius 3 is 2.54 bits per heavy atom. The van der Waals surface area contributed by atoms with Crippen LogP contribution in [-0.2, 0) is 34.4 Å². The number of aliphatic hydroxyl groups excluding tert-OH is 2. The van der Waals surface area contributed by atoms with Crippen molar-refractivity contribution in [2.24, 2.45) is 23.7 Å². The van der Waals surface area contributed by atoms with Crippen LogP contribution < -0.4 is 0 Å². The molecule has 8 rings (SSSR count). The van der Waals surface area contributed by atoms with Crippen LogP contribution in [0.5, 0.6) is 0 Å². The number of rotatable bonds is 3. The smallest absolute Gasteiger partial charge is 0.426 e. The van der Waals surface area contributed by atoms with Gasteiger partial charge >= 0.3 is 12.1 Å². The molecule has 4 saturated heterocycles. The summed E-state index contributed by atoms with van der Waals surface area (Å²) in [4.78, 5) is 12.7. The van der Waals surface area contributed by atoms with E-state index >= 15 is 0 Å². The van der Waals surface area contributed by atoms with Crippen LogP contribution in [0.3, 0.4) is 0 Å². The Labute approximate surface area is 214 Å². The van der Waals surface area contributed by atoms with Crippen molar-refractivity contribution in [3.05, 3.63) is 48.0 Å². The van der Waals surface area contributed by atoms with E-state index in [9.17, 15) is 15.0 Å². The van der Waals surface area contributed by atoms with E-state index in [0.29, 0.717) is 12.8 Å². The zero-order valence-corrected chi connectivity index (χ0v) is 21.1. The van der Waals surface area contributed by atoms with Crippen LogP contribution in [-0.4, -0.2) is 69.8 Å². The molecule has 1 aromatic rings. The van der Waals surface area contributed by atoms with E-state index in [2.05, 4.69) is 13.5 Å². The third-order valence-corrected chi connectivity index (χ3v) is 10.8. The monoisotopic (exact) mass is 512 g/mol. The number of epoxide rings is 1. The molecule has 7 fully saturated rings. The number of ether oxygens (including phenoxy) is 6. The maximum Gasteiger partial charge on any atom is 0.509 e. The fourth-order valence-electron chi connectivity index (χ4n) is 9.37. The molecule has 1 spiro atoms. The second kappa shape index (κ2) is 6.58. The lowest BCUT2D eigenvalue weighted by Crippen LogP contribution is -2.72. The first-order chi connectivity index (χ1) is 17.6. The van der Waals surface area contributed by atoms with E-state index in [0.717, 1.165) is 11.1 Å². The van der Waals surface area contributed by atoms with Crippen LogP contribution in [0.1, 0.15) is 39.2 Å². The van der Waals surface area contributed by atoms with Gasteiger partial charge in [0, 0.05) is 17.4 Å². The summed E-state index contributed by atoms with van der Waals surface area (Å²) in [7, 11) is 0. The van der Waals surface area contributed by atoms with Crippen LogP contribution in [0.15, 0.2) is 42.5 Å². The van der Waals surface area contributed by atoms with Gasteiger partial charge < -0.3 is 38.6 Å². The summed E-state index contributed by atoms with van der Waals surface area (Å²) in [6.07, 6.45) is -2.74. The van der Waals surface area contributed by atoms with Gasteiger partial charge in [-0.2, -0.15) is 0 Å². The third-order valence-electron chi connectivity index (χ3n) is 10.8. The molecule has 1 aromatic carbocycles. The Hall–Kier alpha value is -2.01. The molecule has 9 nitrogen and oxygen atoms in total. The van der Waals surface area contributed by atoms with Gasteiger partial charge in [-0.1, -0.05) is 50.8 Å². The Balaban J connectivity index is 1.42. The molecule has 9 heteroatoms. The minimum absolute atomic E-state index is 0.107. The number of benzene rings is 1. The van der Waals surface area contributed by atoms with Gasteiger partial charge in [0.2, 0.25) is 0 Å². The number of hydrogen-bond donors (Lipinski definition) is 2. The van der Waals surface area contributed by atoms with E-state index in [1.54, 1.807) is 0 Å². The molecular weight excluding hydrogens is 480 g/mol. The van der Waals surface area contributed by atoms with Crippen LogP contribution in [0.4, 0.5) is 4.79 Å². The van der Waals surface area contributed by atoms with Crippen molar-refractivity contribution in [2.75, 3.05) is 6.61 Å². The molecule has 7 aliphatic rings. The van der Waals surface area contributed by atoms with Crippen molar-refractivity contribution in [3.8, 4) is 0 Å². The predicted octanol–water partition coefficient (Wildman–Crippen LogP) is 2.39. The average Bonchev–Trinajstić information content (AvgIpc) is 3.33. The van der Waals surface area contributed by atoms with Crippen molar-refractivity contribution in [1.29, 1.82) is 0 Å². The molecule has 0 aromatic heterocycles. The van der Waals surface area contributed by atoms with Crippen molar-refractivity contribution >= 4 is 6.16 Å². The lowest BCUT2D eigenvalue weighted by molar-refractivity contribution is -0.442. The van der Waals surface area contributed by atoms with Gasteiger partial charge in [-0.15, -0.1) is 0 Å². The summed E-state index contributed by atoms with van der Waals surface area (Å²) in [6.45, 7) is 9.96. The lowest BCUT2D eigenvalue weighted by Gasteiger charge is -2.60. The van der Waals surface area contributed by atoms with Crippen LogP contribution in [0.2, 0.25) is 0 Å².